The largest absolute Gasteiger partial charge is 0.460 e. The van der Waals surface area contributed by atoms with Crippen LogP contribution >= 0.6 is 0 Å². The first-order chi connectivity index (χ1) is 8.76. The molecule has 6 heteroatoms. The molecule has 0 atom stereocenters. The molecule has 1 aromatic rings. The lowest BCUT2D eigenvalue weighted by Gasteiger charge is -2.19. The van der Waals surface area contributed by atoms with E-state index >= 15 is 0 Å². The van der Waals surface area contributed by atoms with Gasteiger partial charge < -0.3 is 10.1 Å². The van der Waals surface area contributed by atoms with E-state index in [9.17, 15) is 9.59 Å². The Morgan fingerprint density at radius 1 is 1.37 bits per heavy atom. The Bertz CT molecular complexity index is 446. The molecule has 0 saturated heterocycles. The van der Waals surface area contributed by atoms with Crippen molar-refractivity contribution in [2.24, 2.45) is 7.05 Å². The number of esters is 1. The molecule has 0 spiro atoms. The number of carbonyl (C=O) groups excluding carboxylic acids is 2. The number of ether oxygens (including phenoxy) is 1. The van der Waals surface area contributed by atoms with Crippen LogP contribution in [0.1, 0.15) is 39.2 Å². The van der Waals surface area contributed by atoms with Crippen LogP contribution in [0.25, 0.3) is 0 Å². The highest BCUT2D eigenvalue weighted by atomic mass is 16.6. The number of hydrogen-bond acceptors (Lipinski definition) is 4. The Hall–Kier alpha value is -1.85. The van der Waals surface area contributed by atoms with Crippen molar-refractivity contribution in [2.75, 3.05) is 0 Å². The summed E-state index contributed by atoms with van der Waals surface area (Å²) in [6, 6.07) is 0. The third kappa shape index (κ3) is 6.59. The van der Waals surface area contributed by atoms with Gasteiger partial charge in [-0.3, -0.25) is 14.3 Å². The Morgan fingerprint density at radius 3 is 2.58 bits per heavy atom. The molecular weight excluding hydrogens is 246 g/mol. The van der Waals surface area contributed by atoms with Crippen LogP contribution in [-0.4, -0.2) is 27.3 Å². The Balaban J connectivity index is 2.23. The highest BCUT2D eigenvalue weighted by Crippen LogP contribution is 2.09. The van der Waals surface area contributed by atoms with E-state index in [0.717, 1.165) is 5.56 Å². The van der Waals surface area contributed by atoms with Crippen LogP contribution in [0.15, 0.2) is 12.4 Å². The summed E-state index contributed by atoms with van der Waals surface area (Å²) >= 11 is 0. The second-order valence-electron chi connectivity index (χ2n) is 5.39. The molecule has 0 fully saturated rings. The van der Waals surface area contributed by atoms with Crippen molar-refractivity contribution >= 4 is 11.9 Å². The van der Waals surface area contributed by atoms with E-state index in [1.165, 1.54) is 0 Å². The quantitative estimate of drug-likeness (QED) is 0.812. The van der Waals surface area contributed by atoms with Gasteiger partial charge in [0.25, 0.3) is 0 Å². The lowest BCUT2D eigenvalue weighted by molar-refractivity contribution is -0.155. The Kier molecular flexibility index (Phi) is 5.09. The monoisotopic (exact) mass is 267 g/mol. The summed E-state index contributed by atoms with van der Waals surface area (Å²) in [5.41, 5.74) is 0.414. The van der Waals surface area contributed by atoms with Gasteiger partial charge in [-0.05, 0) is 20.8 Å². The fourth-order valence-electron chi connectivity index (χ4n) is 1.46. The van der Waals surface area contributed by atoms with Crippen molar-refractivity contribution < 1.29 is 14.3 Å². The first kappa shape index (κ1) is 15.2. The summed E-state index contributed by atoms with van der Waals surface area (Å²) in [5.74, 6) is -0.529. The van der Waals surface area contributed by atoms with Crippen molar-refractivity contribution in [1.29, 1.82) is 0 Å². The zero-order chi connectivity index (χ0) is 14.5. The molecule has 0 unspecified atom stereocenters. The van der Waals surface area contributed by atoms with Gasteiger partial charge in [-0.25, -0.2) is 0 Å². The Labute approximate surface area is 113 Å². The summed E-state index contributed by atoms with van der Waals surface area (Å²) in [6.07, 6.45) is 3.74. The van der Waals surface area contributed by atoms with Gasteiger partial charge in [-0.15, -0.1) is 0 Å². The van der Waals surface area contributed by atoms with Crippen molar-refractivity contribution in [3.63, 3.8) is 0 Å². The van der Waals surface area contributed by atoms with Crippen LogP contribution in [0.2, 0.25) is 0 Å². The molecule has 1 amide bonds. The van der Waals surface area contributed by atoms with Gasteiger partial charge in [0, 0.05) is 31.8 Å². The average Bonchev–Trinajstić information content (AvgIpc) is 2.67. The van der Waals surface area contributed by atoms with Crippen molar-refractivity contribution in [3.05, 3.63) is 18.0 Å². The van der Waals surface area contributed by atoms with Crippen molar-refractivity contribution in [3.8, 4) is 0 Å². The van der Waals surface area contributed by atoms with Crippen LogP contribution in [0.5, 0.6) is 0 Å². The molecule has 6 nitrogen and oxygen atoms in total. The number of aromatic nitrogens is 2. The van der Waals surface area contributed by atoms with Gasteiger partial charge >= 0.3 is 5.97 Å². The number of nitrogens with zero attached hydrogens (tertiary/aromatic N) is 2. The third-order valence-electron chi connectivity index (χ3n) is 2.22. The van der Waals surface area contributed by atoms with E-state index in [0.29, 0.717) is 6.54 Å². The van der Waals surface area contributed by atoms with E-state index in [4.69, 9.17) is 4.74 Å². The molecule has 0 saturated carbocycles. The molecule has 19 heavy (non-hydrogen) atoms. The van der Waals surface area contributed by atoms with E-state index in [-0.39, 0.29) is 24.7 Å². The first-order valence-corrected chi connectivity index (χ1v) is 6.22. The maximum Gasteiger partial charge on any atom is 0.306 e. The molecule has 0 aromatic carbocycles. The topological polar surface area (TPSA) is 73.2 Å². The summed E-state index contributed by atoms with van der Waals surface area (Å²) in [4.78, 5) is 23.0. The highest BCUT2D eigenvalue weighted by molar-refractivity contribution is 5.81. The maximum absolute atomic E-state index is 11.5. The molecule has 1 rings (SSSR count). The predicted octanol–water partition coefficient (Wildman–Crippen LogP) is 1.16. The minimum absolute atomic E-state index is 0.0934. The van der Waals surface area contributed by atoms with E-state index in [1.54, 1.807) is 31.6 Å². The number of hydrogen-bond donors (Lipinski definition) is 1. The fraction of sp³-hybridized carbons (Fsp3) is 0.615. The normalized spacial score (nSPS) is 11.2. The molecule has 1 aromatic heterocycles. The van der Waals surface area contributed by atoms with Gasteiger partial charge in [0.1, 0.15) is 5.60 Å². The highest BCUT2D eigenvalue weighted by Gasteiger charge is 2.16. The van der Waals surface area contributed by atoms with E-state index < -0.39 is 5.60 Å². The van der Waals surface area contributed by atoms with Crippen LogP contribution in [-0.2, 0) is 27.9 Å². The minimum Gasteiger partial charge on any atom is -0.460 e. The van der Waals surface area contributed by atoms with Crippen LogP contribution in [0, 0.1) is 0 Å². The number of amides is 1. The van der Waals surface area contributed by atoms with Gasteiger partial charge in [-0.1, -0.05) is 0 Å². The zero-order valence-corrected chi connectivity index (χ0v) is 11.9. The standard InChI is InChI=1S/C13H21N3O3/c1-13(2,3)19-12(18)6-5-11(17)14-7-10-8-15-16(4)9-10/h8-9H,5-7H2,1-4H3,(H,14,17). The SMILES string of the molecule is Cn1cc(CNC(=O)CCC(=O)OC(C)(C)C)cn1. The molecule has 0 radical (unpaired) electrons. The first-order valence-electron chi connectivity index (χ1n) is 6.22. The summed E-state index contributed by atoms with van der Waals surface area (Å²) in [6.45, 7) is 5.81. The van der Waals surface area contributed by atoms with Crippen molar-refractivity contribution in [2.45, 2.75) is 45.8 Å². The molecule has 0 bridgehead atoms. The molecule has 0 aliphatic rings. The molecule has 0 aliphatic heterocycles. The van der Waals surface area contributed by atoms with E-state index in [2.05, 4.69) is 10.4 Å². The van der Waals surface area contributed by atoms with Crippen LogP contribution in [0.3, 0.4) is 0 Å². The van der Waals surface area contributed by atoms with Gasteiger partial charge in [-0.2, -0.15) is 5.10 Å². The third-order valence-corrected chi connectivity index (χ3v) is 2.22. The van der Waals surface area contributed by atoms with Crippen LogP contribution < -0.4 is 5.32 Å². The Morgan fingerprint density at radius 2 is 2.05 bits per heavy atom. The second kappa shape index (κ2) is 6.36. The van der Waals surface area contributed by atoms with Crippen molar-refractivity contribution in [1.82, 2.24) is 15.1 Å². The summed E-state index contributed by atoms with van der Waals surface area (Å²) in [5, 5.41) is 6.73. The summed E-state index contributed by atoms with van der Waals surface area (Å²) in [7, 11) is 1.81. The predicted molar refractivity (Wildman–Crippen MR) is 70.1 cm³/mol. The lowest BCUT2D eigenvalue weighted by atomic mass is 10.2. The van der Waals surface area contributed by atoms with Crippen LogP contribution in [0.4, 0.5) is 0 Å². The summed E-state index contributed by atoms with van der Waals surface area (Å²) < 4.78 is 6.79. The van der Waals surface area contributed by atoms with Gasteiger partial charge in [0.05, 0.1) is 12.6 Å². The minimum atomic E-state index is -0.511. The fourth-order valence-corrected chi connectivity index (χ4v) is 1.46. The smallest absolute Gasteiger partial charge is 0.306 e. The second-order valence-corrected chi connectivity index (χ2v) is 5.39. The van der Waals surface area contributed by atoms with E-state index in [1.807, 2.05) is 13.2 Å². The molecular formula is C13H21N3O3. The molecule has 106 valence electrons. The van der Waals surface area contributed by atoms with Gasteiger partial charge in [0.2, 0.25) is 5.91 Å². The number of carbonyl (C=O) groups is 2. The molecule has 1 heterocycles. The number of nitrogens with one attached hydrogen (secondary N) is 1. The zero-order valence-electron chi connectivity index (χ0n) is 11.9. The molecule has 0 aliphatic carbocycles. The maximum atomic E-state index is 11.5. The average molecular weight is 267 g/mol. The number of aryl methyl sites for hydroxylation is 1. The lowest BCUT2D eigenvalue weighted by Crippen LogP contribution is -2.26. The molecule has 1 N–H and O–H groups in total. The number of rotatable bonds is 5. The van der Waals surface area contributed by atoms with Gasteiger partial charge in [0.15, 0.2) is 0 Å².